The lowest BCUT2D eigenvalue weighted by atomic mass is 10.1. The van der Waals surface area contributed by atoms with Crippen molar-refractivity contribution in [2.24, 2.45) is 11.8 Å². The van der Waals surface area contributed by atoms with E-state index in [0.717, 1.165) is 11.3 Å². The lowest BCUT2D eigenvalue weighted by Crippen LogP contribution is -2.19. The average Bonchev–Trinajstić information content (AvgIpc) is 3.53. The molecule has 2 unspecified atom stereocenters. The summed E-state index contributed by atoms with van der Waals surface area (Å²) in [6.07, 6.45) is 2.75. The van der Waals surface area contributed by atoms with Crippen molar-refractivity contribution in [2.45, 2.75) is 18.2 Å². The van der Waals surface area contributed by atoms with Crippen molar-refractivity contribution >= 4 is 35.1 Å². The summed E-state index contributed by atoms with van der Waals surface area (Å²) in [5.41, 5.74) is 0.794. The first-order valence-corrected chi connectivity index (χ1v) is 11.0. The Kier molecular flexibility index (Phi) is 7.22. The number of hydrogen-bond acceptors (Lipinski definition) is 7. The Bertz CT molecular complexity index is 988. The Labute approximate surface area is 185 Å². The van der Waals surface area contributed by atoms with Gasteiger partial charge in [0.15, 0.2) is 23.9 Å². The third-order valence-electron chi connectivity index (χ3n) is 5.19. The Morgan fingerprint density at radius 3 is 2.23 bits per heavy atom. The van der Waals surface area contributed by atoms with Gasteiger partial charge in [-0.2, -0.15) is 0 Å². The van der Waals surface area contributed by atoms with E-state index in [1.807, 2.05) is 25.3 Å². The first-order valence-electron chi connectivity index (χ1n) is 9.79. The Morgan fingerprint density at radius 1 is 1.06 bits per heavy atom. The number of amides is 1. The average molecular weight is 444 g/mol. The third kappa shape index (κ3) is 5.38. The zero-order chi connectivity index (χ0) is 22.5. The zero-order valence-electron chi connectivity index (χ0n) is 17.9. The number of thioether (sulfide) groups is 1. The molecule has 164 valence electrons. The van der Waals surface area contributed by atoms with Gasteiger partial charge in [0.1, 0.15) is 0 Å². The Hall–Kier alpha value is -3.00. The van der Waals surface area contributed by atoms with E-state index < -0.39 is 12.6 Å². The number of carbonyl (C=O) groups excluding carboxylic acids is 3. The maximum atomic E-state index is 12.8. The molecular weight excluding hydrogens is 418 g/mol. The molecule has 2 aromatic rings. The molecule has 0 saturated heterocycles. The van der Waals surface area contributed by atoms with Crippen LogP contribution in [0.15, 0.2) is 41.3 Å². The van der Waals surface area contributed by atoms with E-state index in [4.69, 9.17) is 14.2 Å². The van der Waals surface area contributed by atoms with Gasteiger partial charge in [-0.15, -0.1) is 11.8 Å². The van der Waals surface area contributed by atoms with Gasteiger partial charge in [0.2, 0.25) is 5.91 Å². The lowest BCUT2D eigenvalue weighted by molar-refractivity contribution is -0.117. The van der Waals surface area contributed by atoms with Gasteiger partial charge in [-0.3, -0.25) is 9.59 Å². The number of ether oxygens (including phenoxy) is 3. The molecule has 0 heterocycles. The van der Waals surface area contributed by atoms with Crippen molar-refractivity contribution in [2.75, 3.05) is 32.4 Å². The van der Waals surface area contributed by atoms with E-state index in [1.54, 1.807) is 23.9 Å². The number of Topliss-reactive ketones (excluding diaryl/α,β-unsaturated/α-hetero) is 1. The van der Waals surface area contributed by atoms with Crippen molar-refractivity contribution in [3.63, 3.8) is 0 Å². The highest BCUT2D eigenvalue weighted by Crippen LogP contribution is 2.40. The summed E-state index contributed by atoms with van der Waals surface area (Å²) in [5, 5.41) is 2.78. The first kappa shape index (κ1) is 22.7. The van der Waals surface area contributed by atoms with Crippen molar-refractivity contribution in [3.8, 4) is 11.5 Å². The van der Waals surface area contributed by atoms with Gasteiger partial charge in [0.05, 0.1) is 25.5 Å². The molecule has 0 spiro atoms. The summed E-state index contributed by atoms with van der Waals surface area (Å²) >= 11 is 1.57. The van der Waals surface area contributed by atoms with Crippen molar-refractivity contribution in [1.82, 2.24) is 0 Å². The highest BCUT2D eigenvalue weighted by molar-refractivity contribution is 7.98. The van der Waals surface area contributed by atoms with Crippen LogP contribution in [0.25, 0.3) is 0 Å². The van der Waals surface area contributed by atoms with Crippen LogP contribution >= 0.6 is 11.8 Å². The molecule has 1 aliphatic carbocycles. The van der Waals surface area contributed by atoms with Crippen LogP contribution in [-0.2, 0) is 9.53 Å². The van der Waals surface area contributed by atoms with Crippen LogP contribution < -0.4 is 14.8 Å². The van der Waals surface area contributed by atoms with Crippen LogP contribution in [-0.4, -0.2) is 44.7 Å². The number of hydrogen-bond donors (Lipinski definition) is 1. The molecule has 8 heteroatoms. The summed E-state index contributed by atoms with van der Waals surface area (Å²) in [6.45, 7) is 1.57. The highest BCUT2D eigenvalue weighted by Gasteiger charge is 2.39. The van der Waals surface area contributed by atoms with Crippen LogP contribution in [0, 0.1) is 11.8 Å². The fourth-order valence-electron chi connectivity index (χ4n) is 3.13. The number of rotatable bonds is 9. The minimum atomic E-state index is -0.741. The molecule has 2 aromatic carbocycles. The van der Waals surface area contributed by atoms with Gasteiger partial charge in [-0.25, -0.2) is 4.79 Å². The third-order valence-corrected chi connectivity index (χ3v) is 5.94. The molecule has 1 aliphatic rings. The van der Waals surface area contributed by atoms with E-state index in [9.17, 15) is 14.4 Å². The summed E-state index contributed by atoms with van der Waals surface area (Å²) in [5.74, 6) is -0.324. The minimum Gasteiger partial charge on any atom is -0.493 e. The number of ketones is 1. The van der Waals surface area contributed by atoms with Crippen LogP contribution in [0.5, 0.6) is 11.5 Å². The van der Waals surface area contributed by atoms with Crippen LogP contribution in [0.3, 0.4) is 0 Å². The second-order valence-electron chi connectivity index (χ2n) is 7.29. The van der Waals surface area contributed by atoms with E-state index in [2.05, 4.69) is 5.32 Å². The highest BCUT2D eigenvalue weighted by atomic mass is 32.2. The molecule has 1 N–H and O–H groups in total. The van der Waals surface area contributed by atoms with Crippen molar-refractivity contribution in [1.29, 1.82) is 0 Å². The van der Waals surface area contributed by atoms with Gasteiger partial charge in [-0.05, 0) is 30.7 Å². The maximum Gasteiger partial charge on any atom is 0.340 e. The van der Waals surface area contributed by atoms with Crippen molar-refractivity contribution < 1.29 is 28.6 Å². The normalized spacial score (nSPS) is 16.9. The quantitative estimate of drug-likeness (QED) is 0.355. The summed E-state index contributed by atoms with van der Waals surface area (Å²) in [4.78, 5) is 38.6. The fourth-order valence-corrected chi connectivity index (χ4v) is 3.54. The summed E-state index contributed by atoms with van der Waals surface area (Å²) in [7, 11) is 2.91. The van der Waals surface area contributed by atoms with Crippen LogP contribution in [0.1, 0.15) is 34.1 Å². The second kappa shape index (κ2) is 9.87. The van der Waals surface area contributed by atoms with Crippen LogP contribution in [0.2, 0.25) is 0 Å². The Balaban J connectivity index is 1.77. The second-order valence-corrected chi connectivity index (χ2v) is 8.17. The predicted molar refractivity (Wildman–Crippen MR) is 118 cm³/mol. The van der Waals surface area contributed by atoms with Gasteiger partial charge in [-0.1, -0.05) is 19.1 Å². The fraction of sp³-hybridized carbons (Fsp3) is 0.348. The predicted octanol–water partition coefficient (Wildman–Crippen LogP) is 4.06. The zero-order valence-corrected chi connectivity index (χ0v) is 18.7. The standard InChI is InChI=1S/C23H25NO6S/c1-13-9-16(13)22(26)24-18-11-21(29-3)20(28-2)10-17(18)23(27)30-12-19(25)14-5-7-15(31-4)8-6-14/h5-8,10-11,13,16H,9,12H2,1-4H3,(H,24,26). The number of anilines is 1. The van der Waals surface area contributed by atoms with Crippen LogP contribution in [0.4, 0.5) is 5.69 Å². The summed E-state index contributed by atoms with van der Waals surface area (Å²) < 4.78 is 15.8. The molecule has 1 saturated carbocycles. The molecule has 0 aliphatic heterocycles. The number of nitrogens with one attached hydrogen (secondary N) is 1. The van der Waals surface area contributed by atoms with Gasteiger partial charge >= 0.3 is 5.97 Å². The molecule has 1 amide bonds. The van der Waals surface area contributed by atoms with Crippen molar-refractivity contribution in [3.05, 3.63) is 47.5 Å². The van der Waals surface area contributed by atoms with E-state index >= 15 is 0 Å². The minimum absolute atomic E-state index is 0.0807. The SMILES string of the molecule is COc1cc(NC(=O)C2CC2C)c(C(=O)OCC(=O)c2ccc(SC)cc2)cc1OC. The van der Waals surface area contributed by atoms with Gasteiger partial charge in [0.25, 0.3) is 0 Å². The van der Waals surface area contributed by atoms with E-state index in [1.165, 1.54) is 26.4 Å². The first-order chi connectivity index (χ1) is 14.9. The smallest absolute Gasteiger partial charge is 0.340 e. The Morgan fingerprint density at radius 2 is 1.68 bits per heavy atom. The number of methoxy groups -OCH3 is 2. The number of benzene rings is 2. The molecule has 0 radical (unpaired) electrons. The molecule has 7 nitrogen and oxygen atoms in total. The number of carbonyl (C=O) groups is 3. The molecule has 31 heavy (non-hydrogen) atoms. The topological polar surface area (TPSA) is 90.9 Å². The van der Waals surface area contributed by atoms with E-state index in [0.29, 0.717) is 23.0 Å². The van der Waals surface area contributed by atoms with Gasteiger partial charge < -0.3 is 19.5 Å². The number of esters is 1. The molecule has 0 aromatic heterocycles. The van der Waals surface area contributed by atoms with E-state index in [-0.39, 0.29) is 28.9 Å². The molecule has 1 fully saturated rings. The largest absolute Gasteiger partial charge is 0.493 e. The lowest BCUT2D eigenvalue weighted by Gasteiger charge is -2.15. The van der Waals surface area contributed by atoms with Gasteiger partial charge in [0, 0.05) is 28.5 Å². The molecular formula is C23H25NO6S. The molecule has 2 atom stereocenters. The molecule has 3 rings (SSSR count). The monoisotopic (exact) mass is 443 g/mol. The summed E-state index contributed by atoms with van der Waals surface area (Å²) in [6, 6.07) is 10.0. The molecule has 0 bridgehead atoms. The maximum absolute atomic E-state index is 12.8.